The second kappa shape index (κ2) is 5.92. The average Bonchev–Trinajstić information content (AvgIpc) is 3.28. The van der Waals surface area contributed by atoms with Crippen LogP contribution < -0.4 is 0 Å². The summed E-state index contributed by atoms with van der Waals surface area (Å²) in [5.74, 6) is 0.852. The number of rotatable bonds is 4. The van der Waals surface area contributed by atoms with Crippen LogP contribution >= 0.6 is 0 Å². The van der Waals surface area contributed by atoms with Gasteiger partial charge in [-0.25, -0.2) is 0 Å². The fourth-order valence-electron chi connectivity index (χ4n) is 3.98. The summed E-state index contributed by atoms with van der Waals surface area (Å²) >= 11 is 0. The molecule has 2 saturated carbocycles. The maximum atomic E-state index is 12.3. The van der Waals surface area contributed by atoms with Gasteiger partial charge in [-0.05, 0) is 31.6 Å². The van der Waals surface area contributed by atoms with Crippen molar-refractivity contribution < 1.29 is 14.6 Å². The zero-order valence-electron chi connectivity index (χ0n) is 11.7. The molecule has 0 aromatic rings. The smallest absolute Gasteiger partial charge is 0.167 e. The molecule has 1 heterocycles. The summed E-state index contributed by atoms with van der Waals surface area (Å²) in [5.41, 5.74) is 0. The molecule has 108 valence electrons. The average molecular weight is 266 g/mol. The van der Waals surface area contributed by atoms with Gasteiger partial charge in [0.1, 0.15) is 12.2 Å². The van der Waals surface area contributed by atoms with E-state index in [1.54, 1.807) is 0 Å². The highest BCUT2D eigenvalue weighted by molar-refractivity contribution is 5.88. The summed E-state index contributed by atoms with van der Waals surface area (Å²) in [7, 11) is 0. The van der Waals surface area contributed by atoms with E-state index >= 15 is 0 Å². The van der Waals surface area contributed by atoms with Crippen molar-refractivity contribution in [3.63, 3.8) is 0 Å². The minimum atomic E-state index is -0.405. The number of hydrogen-bond donors (Lipinski definition) is 1. The molecule has 3 atom stereocenters. The van der Waals surface area contributed by atoms with Crippen molar-refractivity contribution in [1.29, 1.82) is 0 Å². The molecule has 0 radical (unpaired) electrons. The third-order valence-corrected chi connectivity index (χ3v) is 5.28. The lowest BCUT2D eigenvalue weighted by Gasteiger charge is -2.25. The molecule has 0 amide bonds. The van der Waals surface area contributed by atoms with E-state index in [-0.39, 0.29) is 23.9 Å². The largest absolute Gasteiger partial charge is 0.390 e. The van der Waals surface area contributed by atoms with Crippen molar-refractivity contribution in [2.75, 3.05) is 0 Å². The van der Waals surface area contributed by atoms with Crippen LogP contribution in [0.4, 0.5) is 0 Å². The lowest BCUT2D eigenvalue weighted by Crippen LogP contribution is -2.32. The molecular weight excluding hydrogens is 240 g/mol. The normalized spacial score (nSPS) is 35.0. The highest BCUT2D eigenvalue weighted by atomic mass is 16.6. The van der Waals surface area contributed by atoms with Crippen LogP contribution in [-0.4, -0.2) is 29.2 Å². The summed E-state index contributed by atoms with van der Waals surface area (Å²) in [4.78, 5) is 12.3. The Hall–Kier alpha value is -0.410. The minimum Gasteiger partial charge on any atom is -0.390 e. The monoisotopic (exact) mass is 266 g/mol. The molecule has 0 aromatic carbocycles. The van der Waals surface area contributed by atoms with Gasteiger partial charge in [-0.1, -0.05) is 38.5 Å². The molecule has 0 unspecified atom stereocenters. The minimum absolute atomic E-state index is 0.183. The number of hydrogen-bond acceptors (Lipinski definition) is 3. The van der Waals surface area contributed by atoms with Gasteiger partial charge in [-0.3, -0.25) is 4.79 Å². The summed E-state index contributed by atoms with van der Waals surface area (Å²) in [6.07, 6.45) is 10.8. The van der Waals surface area contributed by atoms with E-state index < -0.39 is 6.10 Å². The van der Waals surface area contributed by atoms with Gasteiger partial charge >= 0.3 is 0 Å². The fourth-order valence-corrected chi connectivity index (χ4v) is 3.98. The predicted molar refractivity (Wildman–Crippen MR) is 72.8 cm³/mol. The Morgan fingerprint density at radius 1 is 0.947 bits per heavy atom. The van der Waals surface area contributed by atoms with E-state index in [0.717, 1.165) is 25.7 Å². The molecule has 3 fully saturated rings. The number of aliphatic hydroxyl groups excluding tert-OH is 1. The molecule has 1 N–H and O–H groups in total. The molecule has 0 aromatic heterocycles. The summed E-state index contributed by atoms with van der Waals surface area (Å²) in [6.45, 7) is 0. The number of carbonyl (C=O) groups is 1. The van der Waals surface area contributed by atoms with Crippen molar-refractivity contribution in [2.45, 2.75) is 82.5 Å². The second-order valence-corrected chi connectivity index (χ2v) is 6.65. The van der Waals surface area contributed by atoms with Crippen molar-refractivity contribution in [1.82, 2.24) is 0 Å². The van der Waals surface area contributed by atoms with Crippen LogP contribution in [0.3, 0.4) is 0 Å². The zero-order valence-corrected chi connectivity index (χ0v) is 11.7. The molecule has 0 bridgehead atoms. The maximum absolute atomic E-state index is 12.3. The van der Waals surface area contributed by atoms with E-state index in [1.807, 2.05) is 0 Å². The first-order chi connectivity index (χ1) is 9.27. The van der Waals surface area contributed by atoms with Gasteiger partial charge in [0.2, 0.25) is 0 Å². The Labute approximate surface area is 115 Å². The van der Waals surface area contributed by atoms with Gasteiger partial charge in [0.05, 0.1) is 6.10 Å². The number of epoxide rings is 1. The molecule has 1 saturated heterocycles. The van der Waals surface area contributed by atoms with E-state index in [9.17, 15) is 9.90 Å². The molecule has 19 heavy (non-hydrogen) atoms. The van der Waals surface area contributed by atoms with Crippen LogP contribution in [0.15, 0.2) is 0 Å². The highest BCUT2D eigenvalue weighted by Crippen LogP contribution is 2.38. The Morgan fingerprint density at radius 2 is 1.53 bits per heavy atom. The van der Waals surface area contributed by atoms with Gasteiger partial charge < -0.3 is 9.84 Å². The van der Waals surface area contributed by atoms with Crippen LogP contribution in [0.1, 0.15) is 64.2 Å². The van der Waals surface area contributed by atoms with Crippen molar-refractivity contribution >= 4 is 5.78 Å². The second-order valence-electron chi connectivity index (χ2n) is 6.65. The van der Waals surface area contributed by atoms with Gasteiger partial charge in [-0.15, -0.1) is 0 Å². The standard InChI is InChI=1S/C16H26O3/c17-13(11-7-3-1-4-8-11)15-16(19-15)14(18)12-9-5-2-6-10-12/h11-13,15-17H,1-10H2/t13-,15+,16-/m1/s1. The summed E-state index contributed by atoms with van der Waals surface area (Å²) in [6, 6.07) is 0. The molecule has 3 heteroatoms. The van der Waals surface area contributed by atoms with Gasteiger partial charge in [0.15, 0.2) is 5.78 Å². The number of ether oxygens (including phenoxy) is 1. The van der Waals surface area contributed by atoms with Crippen LogP contribution in [-0.2, 0) is 9.53 Å². The summed E-state index contributed by atoms with van der Waals surface area (Å²) in [5, 5.41) is 10.4. The predicted octanol–water partition coefficient (Wildman–Crippen LogP) is 2.84. The Bertz CT molecular complexity index is 316. The quantitative estimate of drug-likeness (QED) is 0.796. The number of Topliss-reactive ketones (excluding diaryl/α,β-unsaturated/α-hetero) is 1. The lowest BCUT2D eigenvalue weighted by atomic mass is 9.81. The Morgan fingerprint density at radius 3 is 2.16 bits per heavy atom. The first-order valence-electron chi connectivity index (χ1n) is 8.14. The molecule has 2 aliphatic carbocycles. The molecule has 3 nitrogen and oxygen atoms in total. The lowest BCUT2D eigenvalue weighted by molar-refractivity contribution is -0.125. The third kappa shape index (κ3) is 3.03. The van der Waals surface area contributed by atoms with Crippen LogP contribution in [0.2, 0.25) is 0 Å². The molecule has 1 aliphatic heterocycles. The van der Waals surface area contributed by atoms with Crippen molar-refractivity contribution in [3.8, 4) is 0 Å². The summed E-state index contributed by atoms with van der Waals surface area (Å²) < 4.78 is 5.55. The Kier molecular flexibility index (Phi) is 4.23. The van der Waals surface area contributed by atoms with Gasteiger partial charge in [0, 0.05) is 5.92 Å². The zero-order chi connectivity index (χ0) is 13.2. The molecule has 3 aliphatic rings. The van der Waals surface area contributed by atoms with Crippen LogP contribution in [0.25, 0.3) is 0 Å². The molecule has 3 rings (SSSR count). The third-order valence-electron chi connectivity index (χ3n) is 5.28. The van der Waals surface area contributed by atoms with E-state index in [0.29, 0.717) is 5.92 Å². The van der Waals surface area contributed by atoms with Crippen molar-refractivity contribution in [3.05, 3.63) is 0 Å². The topological polar surface area (TPSA) is 49.8 Å². The highest BCUT2D eigenvalue weighted by Gasteiger charge is 2.52. The number of carbonyl (C=O) groups excluding carboxylic acids is 1. The van der Waals surface area contributed by atoms with E-state index in [2.05, 4.69) is 0 Å². The van der Waals surface area contributed by atoms with Crippen molar-refractivity contribution in [2.24, 2.45) is 11.8 Å². The first-order valence-corrected chi connectivity index (χ1v) is 8.14. The van der Waals surface area contributed by atoms with Gasteiger partial charge in [-0.2, -0.15) is 0 Å². The SMILES string of the molecule is O=C(C1CCCCC1)[C@H]1O[C@H]1[C@H](O)C1CCCCC1. The van der Waals surface area contributed by atoms with Gasteiger partial charge in [0.25, 0.3) is 0 Å². The van der Waals surface area contributed by atoms with E-state index in [1.165, 1.54) is 38.5 Å². The van der Waals surface area contributed by atoms with Crippen LogP contribution in [0, 0.1) is 11.8 Å². The molecule has 0 spiro atoms. The van der Waals surface area contributed by atoms with E-state index in [4.69, 9.17) is 4.74 Å². The Balaban J connectivity index is 1.50. The fraction of sp³-hybridized carbons (Fsp3) is 0.938. The first kappa shape index (κ1) is 13.6. The van der Waals surface area contributed by atoms with Crippen LogP contribution in [0.5, 0.6) is 0 Å². The number of ketones is 1. The number of aliphatic hydroxyl groups is 1. The molecular formula is C16H26O3. The maximum Gasteiger partial charge on any atom is 0.167 e.